The molecule has 0 amide bonds. The summed E-state index contributed by atoms with van der Waals surface area (Å²) in [6.07, 6.45) is 7.32. The van der Waals surface area contributed by atoms with Crippen LogP contribution in [-0.4, -0.2) is 19.5 Å². The Morgan fingerprint density at radius 1 is 1.57 bits per heavy atom. The zero-order valence-corrected chi connectivity index (χ0v) is 8.79. The second-order valence-electron chi connectivity index (χ2n) is 5.02. The lowest BCUT2D eigenvalue weighted by Gasteiger charge is -2.29. The highest BCUT2D eigenvalue weighted by Gasteiger charge is 2.56. The Kier molecular flexibility index (Phi) is 1.96. The van der Waals surface area contributed by atoms with Gasteiger partial charge in [0.2, 0.25) is 0 Å². The van der Waals surface area contributed by atoms with Crippen LogP contribution < -0.4 is 0 Å². The first kappa shape index (κ1) is 8.93. The SMILES string of the molecule is CC12CC1=C[C@H]2COC1CCCCO1. The molecular weight excluding hydrogens is 176 g/mol. The van der Waals surface area contributed by atoms with E-state index in [1.54, 1.807) is 5.57 Å². The largest absolute Gasteiger partial charge is 0.353 e. The molecule has 3 atom stereocenters. The van der Waals surface area contributed by atoms with Crippen molar-refractivity contribution >= 4 is 0 Å². The van der Waals surface area contributed by atoms with Crippen molar-refractivity contribution in [2.45, 2.75) is 38.9 Å². The molecule has 78 valence electrons. The Balaban J connectivity index is 1.44. The lowest BCUT2D eigenvalue weighted by atomic mass is 9.83. The van der Waals surface area contributed by atoms with E-state index in [-0.39, 0.29) is 6.29 Å². The third-order valence-corrected chi connectivity index (χ3v) is 3.99. The van der Waals surface area contributed by atoms with Gasteiger partial charge >= 0.3 is 0 Å². The smallest absolute Gasteiger partial charge is 0.157 e. The molecule has 3 rings (SSSR count). The topological polar surface area (TPSA) is 18.5 Å². The highest BCUT2D eigenvalue weighted by atomic mass is 16.7. The number of ether oxygens (including phenoxy) is 2. The summed E-state index contributed by atoms with van der Waals surface area (Å²) in [5.74, 6) is 0.669. The third kappa shape index (κ3) is 1.32. The molecule has 0 spiro atoms. The van der Waals surface area contributed by atoms with Crippen LogP contribution in [0.25, 0.3) is 0 Å². The predicted molar refractivity (Wildman–Crippen MR) is 53.8 cm³/mol. The molecule has 0 N–H and O–H groups in total. The summed E-state index contributed by atoms with van der Waals surface area (Å²) >= 11 is 0. The van der Waals surface area contributed by atoms with Gasteiger partial charge in [0, 0.05) is 17.9 Å². The van der Waals surface area contributed by atoms with Crippen molar-refractivity contribution in [1.29, 1.82) is 0 Å². The lowest BCUT2D eigenvalue weighted by Crippen LogP contribution is -2.29. The van der Waals surface area contributed by atoms with E-state index in [1.165, 1.54) is 19.3 Å². The van der Waals surface area contributed by atoms with Crippen molar-refractivity contribution in [3.8, 4) is 0 Å². The monoisotopic (exact) mass is 194 g/mol. The molecule has 2 aliphatic carbocycles. The Bertz CT molecular complexity index is 265. The van der Waals surface area contributed by atoms with Gasteiger partial charge in [-0.25, -0.2) is 0 Å². The van der Waals surface area contributed by atoms with E-state index >= 15 is 0 Å². The van der Waals surface area contributed by atoms with Gasteiger partial charge in [0.15, 0.2) is 6.29 Å². The first-order valence-corrected chi connectivity index (χ1v) is 5.73. The van der Waals surface area contributed by atoms with Gasteiger partial charge in [-0.05, 0) is 25.7 Å². The molecule has 1 aliphatic heterocycles. The average Bonchev–Trinajstić information content (AvgIpc) is 2.74. The summed E-state index contributed by atoms with van der Waals surface area (Å²) in [6.45, 7) is 4.09. The third-order valence-electron chi connectivity index (χ3n) is 3.99. The van der Waals surface area contributed by atoms with Gasteiger partial charge in [0.1, 0.15) is 0 Å². The fraction of sp³-hybridized carbons (Fsp3) is 0.833. The van der Waals surface area contributed by atoms with Crippen LogP contribution in [0.5, 0.6) is 0 Å². The minimum Gasteiger partial charge on any atom is -0.353 e. The fourth-order valence-electron chi connectivity index (χ4n) is 2.59. The van der Waals surface area contributed by atoms with Gasteiger partial charge < -0.3 is 9.47 Å². The Morgan fingerprint density at radius 3 is 3.07 bits per heavy atom. The second kappa shape index (κ2) is 3.07. The molecule has 14 heavy (non-hydrogen) atoms. The molecule has 0 aromatic carbocycles. The van der Waals surface area contributed by atoms with Crippen molar-refractivity contribution < 1.29 is 9.47 Å². The minimum absolute atomic E-state index is 0.0866. The predicted octanol–water partition coefficient (Wildman–Crippen LogP) is 2.50. The van der Waals surface area contributed by atoms with Gasteiger partial charge in [-0.15, -0.1) is 0 Å². The maximum atomic E-state index is 5.78. The maximum Gasteiger partial charge on any atom is 0.157 e. The van der Waals surface area contributed by atoms with Crippen molar-refractivity contribution in [2.24, 2.45) is 11.3 Å². The van der Waals surface area contributed by atoms with E-state index < -0.39 is 0 Å². The normalized spacial score (nSPS) is 45.1. The standard InChI is InChI=1S/C12H18O2/c1-12-7-9(12)6-10(12)8-14-11-4-2-3-5-13-11/h6,10-11H,2-5,7-8H2,1H3/t10-,11?,12?/m0/s1. The highest BCUT2D eigenvalue weighted by molar-refractivity contribution is 5.44. The van der Waals surface area contributed by atoms with Crippen LogP contribution >= 0.6 is 0 Å². The van der Waals surface area contributed by atoms with Gasteiger partial charge in [-0.3, -0.25) is 0 Å². The molecule has 3 aliphatic rings. The maximum absolute atomic E-state index is 5.78. The molecule has 2 nitrogen and oxygen atoms in total. The van der Waals surface area contributed by atoms with Crippen molar-refractivity contribution in [2.75, 3.05) is 13.2 Å². The number of allylic oxidation sites excluding steroid dienone is 1. The van der Waals surface area contributed by atoms with Crippen molar-refractivity contribution in [1.82, 2.24) is 0 Å². The second-order valence-corrected chi connectivity index (χ2v) is 5.02. The van der Waals surface area contributed by atoms with E-state index in [9.17, 15) is 0 Å². The van der Waals surface area contributed by atoms with Crippen LogP contribution in [0.4, 0.5) is 0 Å². The van der Waals surface area contributed by atoms with E-state index in [1.807, 2.05) is 0 Å². The first-order valence-electron chi connectivity index (χ1n) is 5.73. The van der Waals surface area contributed by atoms with E-state index in [2.05, 4.69) is 13.0 Å². The molecule has 2 fully saturated rings. The number of hydrogen-bond donors (Lipinski definition) is 0. The summed E-state index contributed by atoms with van der Waals surface area (Å²) in [5, 5.41) is 0. The zero-order valence-electron chi connectivity index (χ0n) is 8.79. The summed E-state index contributed by atoms with van der Waals surface area (Å²) in [7, 11) is 0. The number of hydrogen-bond acceptors (Lipinski definition) is 2. The molecule has 2 unspecified atom stereocenters. The van der Waals surface area contributed by atoms with E-state index in [0.717, 1.165) is 19.6 Å². The molecule has 0 aromatic rings. The molecule has 1 saturated heterocycles. The lowest BCUT2D eigenvalue weighted by molar-refractivity contribution is -0.169. The quantitative estimate of drug-likeness (QED) is 0.643. The highest BCUT2D eigenvalue weighted by Crippen LogP contribution is 2.65. The van der Waals surface area contributed by atoms with Crippen molar-refractivity contribution in [3.63, 3.8) is 0 Å². The Morgan fingerprint density at radius 2 is 2.50 bits per heavy atom. The van der Waals surface area contributed by atoms with E-state index in [0.29, 0.717) is 11.3 Å². The zero-order chi connectivity index (χ0) is 9.60. The molecule has 1 saturated carbocycles. The fourth-order valence-corrected chi connectivity index (χ4v) is 2.59. The van der Waals surface area contributed by atoms with Gasteiger partial charge in [-0.2, -0.15) is 0 Å². The van der Waals surface area contributed by atoms with Gasteiger partial charge in [0.05, 0.1) is 6.61 Å². The number of rotatable bonds is 3. The van der Waals surface area contributed by atoms with Crippen LogP contribution in [-0.2, 0) is 9.47 Å². The molecule has 0 radical (unpaired) electrons. The Labute approximate surface area is 85.3 Å². The summed E-state index contributed by atoms with van der Waals surface area (Å²) < 4.78 is 11.3. The summed E-state index contributed by atoms with van der Waals surface area (Å²) in [6, 6.07) is 0. The first-order chi connectivity index (χ1) is 6.79. The molecule has 0 bridgehead atoms. The molecule has 1 heterocycles. The van der Waals surface area contributed by atoms with Crippen LogP contribution in [0.3, 0.4) is 0 Å². The molecule has 0 aromatic heterocycles. The Hall–Kier alpha value is -0.340. The van der Waals surface area contributed by atoms with Gasteiger partial charge in [0.25, 0.3) is 0 Å². The minimum atomic E-state index is 0.0866. The van der Waals surface area contributed by atoms with E-state index in [4.69, 9.17) is 9.47 Å². The van der Waals surface area contributed by atoms with Crippen LogP contribution in [0.15, 0.2) is 11.6 Å². The van der Waals surface area contributed by atoms with Crippen molar-refractivity contribution in [3.05, 3.63) is 11.6 Å². The average molecular weight is 194 g/mol. The number of fused-ring (bicyclic) bond motifs is 1. The van der Waals surface area contributed by atoms with Crippen LogP contribution in [0, 0.1) is 11.3 Å². The summed E-state index contributed by atoms with van der Waals surface area (Å²) in [4.78, 5) is 0. The van der Waals surface area contributed by atoms with Gasteiger partial charge in [-0.1, -0.05) is 18.6 Å². The molecule has 2 heteroatoms. The van der Waals surface area contributed by atoms with Crippen LogP contribution in [0.1, 0.15) is 32.6 Å². The molecular formula is C12H18O2. The van der Waals surface area contributed by atoms with Crippen LogP contribution in [0.2, 0.25) is 0 Å². The summed E-state index contributed by atoms with van der Waals surface area (Å²) in [5.41, 5.74) is 2.19.